The monoisotopic (exact) mass is 270 g/mol. The number of likely N-dealkylation sites (tertiary alicyclic amines) is 1. The van der Waals surface area contributed by atoms with Crippen molar-refractivity contribution in [3.8, 4) is 11.3 Å². The minimum atomic E-state index is -0.210. The lowest BCUT2D eigenvalue weighted by Crippen LogP contribution is -2.31. The highest BCUT2D eigenvalue weighted by molar-refractivity contribution is 5.59. The highest BCUT2D eigenvalue weighted by atomic mass is 19.1. The Bertz CT molecular complexity index is 597. The SMILES string of the molecule is CN1CCC[C@H](c2cccc(-c3ccccc3F)n2)C1. The molecule has 1 aliphatic heterocycles. The van der Waals surface area contributed by atoms with Gasteiger partial charge < -0.3 is 4.90 Å². The molecule has 2 nitrogen and oxygen atoms in total. The highest BCUT2D eigenvalue weighted by Gasteiger charge is 2.20. The molecule has 2 aromatic rings. The molecule has 1 aromatic heterocycles. The molecule has 0 spiro atoms. The Labute approximate surface area is 119 Å². The van der Waals surface area contributed by atoms with E-state index in [4.69, 9.17) is 4.98 Å². The van der Waals surface area contributed by atoms with Gasteiger partial charge in [0.05, 0.1) is 5.69 Å². The summed E-state index contributed by atoms with van der Waals surface area (Å²) in [6, 6.07) is 12.8. The van der Waals surface area contributed by atoms with Crippen molar-refractivity contribution in [2.75, 3.05) is 20.1 Å². The third-order valence-corrected chi connectivity index (χ3v) is 3.96. The van der Waals surface area contributed by atoms with E-state index in [9.17, 15) is 4.39 Å². The first-order chi connectivity index (χ1) is 9.74. The van der Waals surface area contributed by atoms with Gasteiger partial charge in [0.1, 0.15) is 5.82 Å². The second-order valence-electron chi connectivity index (χ2n) is 5.53. The number of likely N-dealkylation sites (N-methyl/N-ethyl adjacent to an activating group) is 1. The van der Waals surface area contributed by atoms with Gasteiger partial charge in [-0.2, -0.15) is 0 Å². The van der Waals surface area contributed by atoms with Gasteiger partial charge in [0.15, 0.2) is 0 Å². The number of benzene rings is 1. The predicted octanol–water partition coefficient (Wildman–Crippen LogP) is 3.70. The average molecular weight is 270 g/mol. The molecule has 3 heteroatoms. The first-order valence-electron chi connectivity index (χ1n) is 7.14. The van der Waals surface area contributed by atoms with Crippen LogP contribution in [0.15, 0.2) is 42.5 Å². The van der Waals surface area contributed by atoms with Gasteiger partial charge >= 0.3 is 0 Å². The van der Waals surface area contributed by atoms with E-state index >= 15 is 0 Å². The van der Waals surface area contributed by atoms with Crippen molar-refractivity contribution >= 4 is 0 Å². The maximum Gasteiger partial charge on any atom is 0.132 e. The van der Waals surface area contributed by atoms with Crippen LogP contribution in [-0.2, 0) is 0 Å². The van der Waals surface area contributed by atoms with Crippen LogP contribution in [0.1, 0.15) is 24.5 Å². The van der Waals surface area contributed by atoms with Crippen molar-refractivity contribution in [1.29, 1.82) is 0 Å². The van der Waals surface area contributed by atoms with Crippen molar-refractivity contribution in [3.63, 3.8) is 0 Å². The van der Waals surface area contributed by atoms with E-state index in [-0.39, 0.29) is 5.82 Å². The summed E-state index contributed by atoms with van der Waals surface area (Å²) in [4.78, 5) is 7.03. The van der Waals surface area contributed by atoms with E-state index in [1.54, 1.807) is 12.1 Å². The standard InChI is InChI=1S/C17H19FN2/c1-20-11-5-6-13(12-20)16-9-4-10-17(19-16)14-7-2-3-8-15(14)18/h2-4,7-10,13H,5-6,11-12H2,1H3/t13-/m0/s1. The minimum absolute atomic E-state index is 0.210. The Morgan fingerprint density at radius 2 is 2.00 bits per heavy atom. The van der Waals surface area contributed by atoms with E-state index in [1.165, 1.54) is 12.5 Å². The van der Waals surface area contributed by atoms with Crippen LogP contribution in [0.4, 0.5) is 4.39 Å². The first kappa shape index (κ1) is 13.3. The van der Waals surface area contributed by atoms with Crippen LogP contribution in [0.5, 0.6) is 0 Å². The zero-order valence-electron chi connectivity index (χ0n) is 11.7. The Kier molecular flexibility index (Phi) is 3.79. The number of nitrogens with zero attached hydrogens (tertiary/aromatic N) is 2. The molecule has 3 rings (SSSR count). The van der Waals surface area contributed by atoms with Crippen molar-refractivity contribution in [1.82, 2.24) is 9.88 Å². The van der Waals surface area contributed by atoms with Crippen molar-refractivity contribution in [2.24, 2.45) is 0 Å². The molecule has 0 radical (unpaired) electrons. The third-order valence-electron chi connectivity index (χ3n) is 3.96. The van der Waals surface area contributed by atoms with Gasteiger partial charge in [-0.05, 0) is 50.7 Å². The Hall–Kier alpha value is -1.74. The number of hydrogen-bond acceptors (Lipinski definition) is 2. The fourth-order valence-corrected chi connectivity index (χ4v) is 2.91. The van der Waals surface area contributed by atoms with Gasteiger partial charge in [-0.25, -0.2) is 4.39 Å². The van der Waals surface area contributed by atoms with Crippen LogP contribution >= 0.6 is 0 Å². The molecule has 0 N–H and O–H groups in total. The predicted molar refractivity (Wildman–Crippen MR) is 79.1 cm³/mol. The quantitative estimate of drug-likeness (QED) is 0.827. The first-order valence-corrected chi connectivity index (χ1v) is 7.14. The normalized spacial score (nSPS) is 20.0. The molecule has 0 unspecified atom stereocenters. The molecular formula is C17H19FN2. The third kappa shape index (κ3) is 2.73. The molecule has 1 saturated heterocycles. The van der Waals surface area contributed by atoms with Crippen molar-refractivity contribution in [2.45, 2.75) is 18.8 Å². The summed E-state index contributed by atoms with van der Waals surface area (Å²) < 4.78 is 13.9. The van der Waals surface area contributed by atoms with Crippen LogP contribution in [0.3, 0.4) is 0 Å². The fraction of sp³-hybridized carbons (Fsp3) is 0.353. The number of halogens is 1. The van der Waals surface area contributed by atoms with Crippen molar-refractivity contribution in [3.05, 3.63) is 54.0 Å². The number of aromatic nitrogens is 1. The van der Waals surface area contributed by atoms with E-state index in [0.29, 0.717) is 11.5 Å². The summed E-state index contributed by atoms with van der Waals surface area (Å²) in [5, 5.41) is 0. The average Bonchev–Trinajstić information content (AvgIpc) is 2.48. The lowest BCUT2D eigenvalue weighted by atomic mass is 9.94. The summed E-state index contributed by atoms with van der Waals surface area (Å²) in [6.07, 6.45) is 2.37. The molecule has 0 aliphatic carbocycles. The molecule has 0 saturated carbocycles. The van der Waals surface area contributed by atoms with Gasteiger partial charge in [-0.1, -0.05) is 18.2 Å². The van der Waals surface area contributed by atoms with Crippen LogP contribution in [-0.4, -0.2) is 30.0 Å². The molecule has 104 valence electrons. The molecular weight excluding hydrogens is 251 g/mol. The zero-order valence-corrected chi connectivity index (χ0v) is 11.7. The highest BCUT2D eigenvalue weighted by Crippen LogP contribution is 2.27. The van der Waals surface area contributed by atoms with Gasteiger partial charge in [0.2, 0.25) is 0 Å². The maximum absolute atomic E-state index is 13.9. The minimum Gasteiger partial charge on any atom is -0.306 e. The van der Waals surface area contributed by atoms with Crippen molar-refractivity contribution < 1.29 is 4.39 Å². The second kappa shape index (κ2) is 5.71. The van der Waals surface area contributed by atoms with E-state index in [1.807, 2.05) is 18.2 Å². The van der Waals surface area contributed by atoms with Crippen LogP contribution < -0.4 is 0 Å². The molecule has 20 heavy (non-hydrogen) atoms. The smallest absolute Gasteiger partial charge is 0.132 e. The van der Waals surface area contributed by atoms with Gasteiger partial charge in [-0.3, -0.25) is 4.98 Å². The topological polar surface area (TPSA) is 16.1 Å². The lowest BCUT2D eigenvalue weighted by Gasteiger charge is -2.29. The number of pyridine rings is 1. The molecule has 0 bridgehead atoms. The van der Waals surface area contributed by atoms with E-state index < -0.39 is 0 Å². The Morgan fingerprint density at radius 1 is 1.15 bits per heavy atom. The zero-order chi connectivity index (χ0) is 13.9. The fourth-order valence-electron chi connectivity index (χ4n) is 2.91. The van der Waals surface area contributed by atoms with E-state index in [2.05, 4.69) is 18.0 Å². The molecule has 1 aromatic carbocycles. The van der Waals surface area contributed by atoms with Crippen LogP contribution in [0, 0.1) is 5.82 Å². The summed E-state index contributed by atoms with van der Waals surface area (Å²) in [7, 11) is 2.15. The maximum atomic E-state index is 13.9. The molecule has 1 fully saturated rings. The van der Waals surface area contributed by atoms with Crippen LogP contribution in [0.25, 0.3) is 11.3 Å². The van der Waals surface area contributed by atoms with E-state index in [0.717, 1.165) is 30.9 Å². The number of rotatable bonds is 2. The second-order valence-corrected chi connectivity index (χ2v) is 5.53. The number of piperidine rings is 1. The van der Waals surface area contributed by atoms with Gasteiger partial charge in [0, 0.05) is 23.7 Å². The molecule has 0 amide bonds. The Morgan fingerprint density at radius 3 is 2.80 bits per heavy atom. The van der Waals surface area contributed by atoms with Gasteiger partial charge in [-0.15, -0.1) is 0 Å². The Balaban J connectivity index is 1.92. The summed E-state index contributed by atoms with van der Waals surface area (Å²) in [5.74, 6) is 0.249. The van der Waals surface area contributed by atoms with Gasteiger partial charge in [0.25, 0.3) is 0 Å². The molecule has 1 atom stereocenters. The summed E-state index contributed by atoms with van der Waals surface area (Å²) >= 11 is 0. The molecule has 1 aliphatic rings. The lowest BCUT2D eigenvalue weighted by molar-refractivity contribution is 0.248. The summed E-state index contributed by atoms with van der Waals surface area (Å²) in [6.45, 7) is 2.19. The summed E-state index contributed by atoms with van der Waals surface area (Å²) in [5.41, 5.74) is 2.39. The number of hydrogen-bond donors (Lipinski definition) is 0. The largest absolute Gasteiger partial charge is 0.306 e. The van der Waals surface area contributed by atoms with Crippen LogP contribution in [0.2, 0.25) is 0 Å². The molecule has 2 heterocycles.